The molecular weight excluding hydrogens is 340 g/mol. The van der Waals surface area contributed by atoms with Crippen molar-refractivity contribution in [3.63, 3.8) is 0 Å². The number of fused-ring (bicyclic) bond motifs is 1. The average molecular weight is 360 g/mol. The lowest BCUT2D eigenvalue weighted by Crippen LogP contribution is -2.32. The van der Waals surface area contributed by atoms with E-state index in [0.717, 1.165) is 41.9 Å². The van der Waals surface area contributed by atoms with Crippen LogP contribution in [0.2, 0.25) is 0 Å². The molecule has 1 atom stereocenters. The predicted molar refractivity (Wildman–Crippen MR) is 101 cm³/mol. The lowest BCUT2D eigenvalue weighted by atomic mass is 9.92. The predicted octanol–water partition coefficient (Wildman–Crippen LogP) is 3.35. The van der Waals surface area contributed by atoms with Gasteiger partial charge in [0.15, 0.2) is 5.82 Å². The lowest BCUT2D eigenvalue weighted by Gasteiger charge is -2.25. The van der Waals surface area contributed by atoms with Gasteiger partial charge in [0.1, 0.15) is 5.56 Å². The van der Waals surface area contributed by atoms with Crippen LogP contribution in [0.15, 0.2) is 54.9 Å². The first-order valence-corrected chi connectivity index (χ1v) is 8.97. The number of amides is 1. The van der Waals surface area contributed by atoms with Crippen LogP contribution in [0.3, 0.4) is 0 Å². The fourth-order valence-electron chi connectivity index (χ4n) is 3.39. The molecule has 2 heterocycles. The zero-order valence-corrected chi connectivity index (χ0v) is 15.1. The van der Waals surface area contributed by atoms with E-state index in [0.29, 0.717) is 11.4 Å². The van der Waals surface area contributed by atoms with Crippen molar-refractivity contribution < 1.29 is 9.53 Å². The fourth-order valence-corrected chi connectivity index (χ4v) is 3.39. The summed E-state index contributed by atoms with van der Waals surface area (Å²) >= 11 is 0. The van der Waals surface area contributed by atoms with Crippen molar-refractivity contribution in [1.82, 2.24) is 20.3 Å². The third kappa shape index (κ3) is 3.51. The van der Waals surface area contributed by atoms with Crippen LogP contribution in [0.25, 0.3) is 11.4 Å². The standard InChI is InChI=1S/C21H20N4O2/c1-27-21-15(9-6-12-22-21)20(26)25-18-11-5-10-17-16(18)13-23-19(24-17)14-7-3-2-4-8-14/h2-4,6-9,12-13,18H,5,10-11H2,1H3,(H,25,26). The summed E-state index contributed by atoms with van der Waals surface area (Å²) in [6.45, 7) is 0. The van der Waals surface area contributed by atoms with E-state index in [1.165, 1.54) is 7.11 Å². The van der Waals surface area contributed by atoms with E-state index in [1.54, 1.807) is 18.3 Å². The topological polar surface area (TPSA) is 77.0 Å². The molecule has 1 unspecified atom stereocenters. The highest BCUT2D eigenvalue weighted by atomic mass is 16.5. The molecular formula is C21H20N4O2. The molecule has 136 valence electrons. The van der Waals surface area contributed by atoms with E-state index in [2.05, 4.69) is 15.3 Å². The number of aryl methyl sites for hydroxylation is 1. The number of ether oxygens (including phenoxy) is 1. The summed E-state index contributed by atoms with van der Waals surface area (Å²) in [5, 5.41) is 3.09. The molecule has 0 saturated heterocycles. The Morgan fingerprint density at radius 2 is 2.00 bits per heavy atom. The molecule has 1 aliphatic rings. The molecule has 1 aliphatic carbocycles. The van der Waals surface area contributed by atoms with Crippen LogP contribution >= 0.6 is 0 Å². The quantitative estimate of drug-likeness (QED) is 0.772. The average Bonchev–Trinajstić information content (AvgIpc) is 2.74. The lowest BCUT2D eigenvalue weighted by molar-refractivity contribution is 0.0928. The van der Waals surface area contributed by atoms with Crippen molar-refractivity contribution in [3.05, 3.63) is 71.7 Å². The molecule has 1 aromatic carbocycles. The molecule has 2 aromatic heterocycles. The molecule has 0 radical (unpaired) electrons. The van der Waals surface area contributed by atoms with Crippen LogP contribution in [-0.2, 0) is 6.42 Å². The molecule has 6 heteroatoms. The van der Waals surface area contributed by atoms with Gasteiger partial charge in [0, 0.05) is 29.2 Å². The zero-order chi connectivity index (χ0) is 18.6. The maximum atomic E-state index is 12.7. The largest absolute Gasteiger partial charge is 0.480 e. The number of carbonyl (C=O) groups excluding carboxylic acids is 1. The van der Waals surface area contributed by atoms with E-state index < -0.39 is 0 Å². The first-order valence-electron chi connectivity index (χ1n) is 8.97. The Kier molecular flexibility index (Phi) is 4.78. The third-order valence-electron chi connectivity index (χ3n) is 4.73. The van der Waals surface area contributed by atoms with Gasteiger partial charge in [0.25, 0.3) is 5.91 Å². The third-order valence-corrected chi connectivity index (χ3v) is 4.73. The minimum absolute atomic E-state index is 0.115. The van der Waals surface area contributed by atoms with Gasteiger partial charge in [-0.2, -0.15) is 0 Å². The SMILES string of the molecule is COc1ncccc1C(=O)NC1CCCc2nc(-c3ccccc3)ncc21. The number of hydrogen-bond donors (Lipinski definition) is 1. The van der Waals surface area contributed by atoms with Gasteiger partial charge in [0.2, 0.25) is 5.88 Å². The highest BCUT2D eigenvalue weighted by Crippen LogP contribution is 2.30. The molecule has 6 nitrogen and oxygen atoms in total. The van der Waals surface area contributed by atoms with Crippen LogP contribution in [0.1, 0.15) is 40.5 Å². The first-order chi connectivity index (χ1) is 13.3. The number of carbonyl (C=O) groups is 1. The highest BCUT2D eigenvalue weighted by Gasteiger charge is 2.25. The van der Waals surface area contributed by atoms with E-state index in [9.17, 15) is 4.79 Å². The Morgan fingerprint density at radius 3 is 2.81 bits per heavy atom. The van der Waals surface area contributed by atoms with Gasteiger partial charge in [-0.3, -0.25) is 4.79 Å². The van der Waals surface area contributed by atoms with Gasteiger partial charge in [0.05, 0.1) is 13.2 Å². The number of rotatable bonds is 4. The van der Waals surface area contributed by atoms with E-state index in [-0.39, 0.29) is 11.9 Å². The minimum atomic E-state index is -0.204. The van der Waals surface area contributed by atoms with Crippen molar-refractivity contribution in [2.24, 2.45) is 0 Å². The van der Waals surface area contributed by atoms with Crippen LogP contribution < -0.4 is 10.1 Å². The van der Waals surface area contributed by atoms with Gasteiger partial charge in [-0.05, 0) is 31.4 Å². The maximum absolute atomic E-state index is 12.7. The number of hydrogen-bond acceptors (Lipinski definition) is 5. The van der Waals surface area contributed by atoms with Crippen LogP contribution in [0, 0.1) is 0 Å². The van der Waals surface area contributed by atoms with Gasteiger partial charge in [-0.1, -0.05) is 30.3 Å². The van der Waals surface area contributed by atoms with Gasteiger partial charge < -0.3 is 10.1 Å². The van der Waals surface area contributed by atoms with Crippen LogP contribution in [-0.4, -0.2) is 28.0 Å². The first kappa shape index (κ1) is 17.1. The number of nitrogens with one attached hydrogen (secondary N) is 1. The van der Waals surface area contributed by atoms with Crippen LogP contribution in [0.5, 0.6) is 5.88 Å². The Bertz CT molecular complexity index is 959. The summed E-state index contributed by atoms with van der Waals surface area (Å²) in [6, 6.07) is 13.2. The van der Waals surface area contributed by atoms with Crippen molar-refractivity contribution in [1.29, 1.82) is 0 Å². The monoisotopic (exact) mass is 360 g/mol. The second-order valence-electron chi connectivity index (χ2n) is 6.44. The number of pyridine rings is 1. The molecule has 0 aliphatic heterocycles. The molecule has 0 saturated carbocycles. The van der Waals surface area contributed by atoms with Gasteiger partial charge in [-0.15, -0.1) is 0 Å². The zero-order valence-electron chi connectivity index (χ0n) is 15.1. The molecule has 1 N–H and O–H groups in total. The summed E-state index contributed by atoms with van der Waals surface area (Å²) in [5.41, 5.74) is 3.40. The van der Waals surface area contributed by atoms with Crippen LogP contribution in [0.4, 0.5) is 0 Å². The van der Waals surface area contributed by atoms with E-state index >= 15 is 0 Å². The molecule has 0 bridgehead atoms. The maximum Gasteiger partial charge on any atom is 0.257 e. The Labute approximate surface area is 157 Å². The normalized spacial score (nSPS) is 15.7. The van der Waals surface area contributed by atoms with Crippen molar-refractivity contribution in [2.45, 2.75) is 25.3 Å². The van der Waals surface area contributed by atoms with Crippen molar-refractivity contribution in [3.8, 4) is 17.3 Å². The molecule has 3 aromatic rings. The van der Waals surface area contributed by atoms with E-state index in [1.807, 2.05) is 36.5 Å². The summed E-state index contributed by atoms with van der Waals surface area (Å²) < 4.78 is 5.19. The number of methoxy groups -OCH3 is 1. The minimum Gasteiger partial charge on any atom is -0.480 e. The number of aromatic nitrogens is 3. The fraction of sp³-hybridized carbons (Fsp3) is 0.238. The second-order valence-corrected chi connectivity index (χ2v) is 6.44. The molecule has 27 heavy (non-hydrogen) atoms. The van der Waals surface area contributed by atoms with Crippen molar-refractivity contribution >= 4 is 5.91 Å². The van der Waals surface area contributed by atoms with Crippen molar-refractivity contribution in [2.75, 3.05) is 7.11 Å². The number of benzene rings is 1. The van der Waals surface area contributed by atoms with E-state index in [4.69, 9.17) is 9.72 Å². The summed E-state index contributed by atoms with van der Waals surface area (Å²) in [6.07, 6.45) is 6.16. The molecule has 1 amide bonds. The number of nitrogens with zero attached hydrogens (tertiary/aromatic N) is 3. The Morgan fingerprint density at radius 1 is 1.15 bits per heavy atom. The Hall–Kier alpha value is -3.28. The molecule has 0 spiro atoms. The van der Waals surface area contributed by atoms with Gasteiger partial charge >= 0.3 is 0 Å². The second kappa shape index (κ2) is 7.53. The van der Waals surface area contributed by atoms with Gasteiger partial charge in [-0.25, -0.2) is 15.0 Å². The highest BCUT2D eigenvalue weighted by molar-refractivity contribution is 5.96. The molecule has 0 fully saturated rings. The summed E-state index contributed by atoms with van der Waals surface area (Å²) in [4.78, 5) is 26.1. The molecule has 4 rings (SSSR count). The smallest absolute Gasteiger partial charge is 0.257 e. The summed E-state index contributed by atoms with van der Waals surface area (Å²) in [5.74, 6) is 0.835. The summed E-state index contributed by atoms with van der Waals surface area (Å²) in [7, 11) is 1.51. The Balaban J connectivity index is 1.59.